The topological polar surface area (TPSA) is 66.0 Å². The third-order valence-corrected chi connectivity index (χ3v) is 9.51. The molecule has 6 heteroatoms. The number of hydrogen-bond acceptors (Lipinski definition) is 6. The molecule has 0 aromatic carbocycles. The van der Waals surface area contributed by atoms with Gasteiger partial charge in [-0.2, -0.15) is 10.5 Å². The molecule has 0 atom stereocenters. The largest absolute Gasteiger partial charge is 0.491 e. The van der Waals surface area contributed by atoms with Gasteiger partial charge >= 0.3 is 0 Å². The van der Waals surface area contributed by atoms with Crippen molar-refractivity contribution in [3.8, 4) is 33.4 Å². The van der Waals surface area contributed by atoms with Gasteiger partial charge in [0, 0.05) is 10.8 Å². The predicted octanol–water partition coefficient (Wildman–Crippen LogP) is 11.8. The molecule has 0 aliphatic rings. The lowest BCUT2D eigenvalue weighted by molar-refractivity contribution is 0.302. The SMILES string of the molecule is CCCCCCCCCCCCOc1c(C#N)csc1-c1scc(C#N)c1OCCCCCCCCCCCC. The Balaban J connectivity index is 1.78. The van der Waals surface area contributed by atoms with Crippen LogP contribution < -0.4 is 9.47 Å². The van der Waals surface area contributed by atoms with Gasteiger partial charge in [-0.15, -0.1) is 22.7 Å². The number of ether oxygens (including phenoxy) is 2. The van der Waals surface area contributed by atoms with Crippen LogP contribution in [0, 0.1) is 22.7 Å². The van der Waals surface area contributed by atoms with Crippen LogP contribution >= 0.6 is 22.7 Å². The Morgan fingerprint density at radius 1 is 0.500 bits per heavy atom. The molecule has 0 amide bonds. The highest BCUT2D eigenvalue weighted by Crippen LogP contribution is 2.48. The highest BCUT2D eigenvalue weighted by atomic mass is 32.1. The molecule has 0 N–H and O–H groups in total. The second kappa shape index (κ2) is 22.6. The number of nitrogens with zero attached hydrogens (tertiary/aromatic N) is 2. The van der Waals surface area contributed by atoms with E-state index in [1.165, 1.54) is 125 Å². The van der Waals surface area contributed by atoms with Crippen molar-refractivity contribution < 1.29 is 9.47 Å². The minimum absolute atomic E-state index is 0.569. The molecule has 2 aromatic heterocycles. The molecule has 0 radical (unpaired) electrons. The van der Waals surface area contributed by atoms with Crippen LogP contribution in [0.3, 0.4) is 0 Å². The summed E-state index contributed by atoms with van der Waals surface area (Å²) in [5.74, 6) is 1.30. The molecule has 0 fully saturated rings. The van der Waals surface area contributed by atoms with Gasteiger partial charge in [-0.1, -0.05) is 129 Å². The van der Waals surface area contributed by atoms with E-state index in [0.717, 1.165) is 35.4 Å². The predicted molar refractivity (Wildman–Crippen MR) is 172 cm³/mol. The molecule has 2 aromatic rings. The summed E-state index contributed by atoms with van der Waals surface area (Å²) in [6.07, 6.45) is 25.6. The van der Waals surface area contributed by atoms with Gasteiger partial charge < -0.3 is 9.47 Å². The third kappa shape index (κ3) is 13.1. The van der Waals surface area contributed by atoms with E-state index in [9.17, 15) is 10.5 Å². The molecule has 0 spiro atoms. The van der Waals surface area contributed by atoms with Crippen LogP contribution in [0.5, 0.6) is 11.5 Å². The summed E-state index contributed by atoms with van der Waals surface area (Å²) in [6, 6.07) is 4.58. The summed E-state index contributed by atoms with van der Waals surface area (Å²) in [6.45, 7) is 5.75. The zero-order chi connectivity index (χ0) is 28.7. The molecule has 0 saturated carbocycles. The zero-order valence-electron chi connectivity index (χ0n) is 25.2. The van der Waals surface area contributed by atoms with E-state index in [0.29, 0.717) is 35.8 Å². The van der Waals surface area contributed by atoms with Crippen LogP contribution in [-0.4, -0.2) is 13.2 Å². The molecular formula is C34H52N2O2S2. The van der Waals surface area contributed by atoms with Crippen molar-refractivity contribution in [1.82, 2.24) is 0 Å². The second-order valence-electron chi connectivity index (χ2n) is 10.9. The average Bonchev–Trinajstić information content (AvgIpc) is 3.57. The molecule has 4 nitrogen and oxygen atoms in total. The lowest BCUT2D eigenvalue weighted by atomic mass is 10.1. The number of rotatable bonds is 25. The van der Waals surface area contributed by atoms with E-state index in [-0.39, 0.29) is 0 Å². The summed E-state index contributed by atoms with van der Waals surface area (Å²) in [4.78, 5) is 1.82. The van der Waals surface area contributed by atoms with Crippen LogP contribution in [0.15, 0.2) is 10.8 Å². The van der Waals surface area contributed by atoms with Crippen LogP contribution in [0.4, 0.5) is 0 Å². The van der Waals surface area contributed by atoms with Crippen molar-refractivity contribution in [3.63, 3.8) is 0 Å². The normalized spacial score (nSPS) is 10.9. The van der Waals surface area contributed by atoms with Crippen LogP contribution in [0.25, 0.3) is 9.75 Å². The number of nitriles is 2. The van der Waals surface area contributed by atoms with Gasteiger partial charge in [-0.05, 0) is 12.8 Å². The first-order valence-corrected chi connectivity index (χ1v) is 17.8. The summed E-state index contributed by atoms with van der Waals surface area (Å²) in [5.41, 5.74) is 1.14. The standard InChI is InChI=1S/C34H52N2O2S2/c1-3-5-7-9-11-13-15-17-19-21-23-37-31-29(25-35)27-39-33(31)34-32(30(26-36)28-40-34)38-24-22-20-18-16-14-12-10-8-6-4-2/h27-28H,3-24H2,1-2H3. The van der Waals surface area contributed by atoms with Crippen molar-refractivity contribution in [3.05, 3.63) is 21.9 Å². The van der Waals surface area contributed by atoms with E-state index in [1.54, 1.807) is 0 Å². The van der Waals surface area contributed by atoms with Crippen molar-refractivity contribution in [1.29, 1.82) is 10.5 Å². The van der Waals surface area contributed by atoms with Gasteiger partial charge in [0.25, 0.3) is 0 Å². The Hall–Kier alpha value is -2.02. The summed E-state index contributed by atoms with van der Waals surface area (Å²) >= 11 is 3.02. The van der Waals surface area contributed by atoms with E-state index < -0.39 is 0 Å². The summed E-state index contributed by atoms with van der Waals surface area (Å²) in [5, 5.41) is 23.1. The lowest BCUT2D eigenvalue weighted by Crippen LogP contribution is -2.00. The third-order valence-electron chi connectivity index (χ3n) is 7.43. The minimum atomic E-state index is 0.569. The fourth-order valence-electron chi connectivity index (χ4n) is 4.98. The van der Waals surface area contributed by atoms with Gasteiger partial charge in [-0.25, -0.2) is 0 Å². The van der Waals surface area contributed by atoms with E-state index in [2.05, 4.69) is 26.0 Å². The van der Waals surface area contributed by atoms with E-state index in [1.807, 2.05) is 10.8 Å². The van der Waals surface area contributed by atoms with Gasteiger partial charge in [0.15, 0.2) is 11.5 Å². The molecule has 40 heavy (non-hydrogen) atoms. The fourth-order valence-corrected chi connectivity index (χ4v) is 7.01. The molecule has 0 aliphatic carbocycles. The molecule has 222 valence electrons. The average molecular weight is 585 g/mol. The van der Waals surface area contributed by atoms with Gasteiger partial charge in [0.05, 0.1) is 23.0 Å². The Bertz CT molecular complexity index is 918. The number of unbranched alkanes of at least 4 members (excludes halogenated alkanes) is 18. The van der Waals surface area contributed by atoms with Crippen molar-refractivity contribution in [2.24, 2.45) is 0 Å². The van der Waals surface area contributed by atoms with Crippen LogP contribution in [-0.2, 0) is 0 Å². The lowest BCUT2D eigenvalue weighted by Gasteiger charge is -2.10. The molecular weight excluding hydrogens is 533 g/mol. The molecule has 0 unspecified atom stereocenters. The first-order chi connectivity index (χ1) is 19.8. The fraction of sp³-hybridized carbons (Fsp3) is 0.706. The maximum Gasteiger partial charge on any atom is 0.156 e. The van der Waals surface area contributed by atoms with Crippen molar-refractivity contribution in [2.45, 2.75) is 142 Å². The Kier molecular flexibility index (Phi) is 19.4. The highest BCUT2D eigenvalue weighted by Gasteiger charge is 2.22. The molecule has 2 rings (SSSR count). The smallest absolute Gasteiger partial charge is 0.156 e. The second-order valence-corrected chi connectivity index (χ2v) is 12.7. The maximum absolute atomic E-state index is 9.69. The molecule has 0 saturated heterocycles. The van der Waals surface area contributed by atoms with Gasteiger partial charge in [0.2, 0.25) is 0 Å². The van der Waals surface area contributed by atoms with Crippen molar-refractivity contribution in [2.75, 3.05) is 13.2 Å². The number of thiophene rings is 2. The van der Waals surface area contributed by atoms with Gasteiger partial charge in [-0.3, -0.25) is 0 Å². The first-order valence-electron chi connectivity index (χ1n) is 16.1. The first kappa shape index (κ1) is 34.2. The Morgan fingerprint density at radius 3 is 1.10 bits per heavy atom. The molecule has 2 heterocycles. The van der Waals surface area contributed by atoms with Gasteiger partial charge in [0.1, 0.15) is 23.3 Å². The highest BCUT2D eigenvalue weighted by molar-refractivity contribution is 7.21. The molecule has 0 bridgehead atoms. The molecule has 0 aliphatic heterocycles. The van der Waals surface area contributed by atoms with Crippen molar-refractivity contribution >= 4 is 22.7 Å². The summed E-state index contributed by atoms with van der Waals surface area (Å²) < 4.78 is 12.4. The minimum Gasteiger partial charge on any atom is -0.491 e. The van der Waals surface area contributed by atoms with Crippen LogP contribution in [0.1, 0.15) is 153 Å². The summed E-state index contributed by atoms with van der Waals surface area (Å²) in [7, 11) is 0. The monoisotopic (exact) mass is 584 g/mol. The maximum atomic E-state index is 9.69. The van der Waals surface area contributed by atoms with E-state index in [4.69, 9.17) is 9.47 Å². The Labute approximate surface area is 252 Å². The Morgan fingerprint density at radius 2 is 0.800 bits per heavy atom. The number of hydrogen-bond donors (Lipinski definition) is 0. The van der Waals surface area contributed by atoms with E-state index >= 15 is 0 Å². The zero-order valence-corrected chi connectivity index (χ0v) is 26.9. The van der Waals surface area contributed by atoms with Crippen LogP contribution in [0.2, 0.25) is 0 Å². The quantitative estimate of drug-likeness (QED) is 0.109.